The van der Waals surface area contributed by atoms with Crippen LogP contribution in [0, 0.1) is 5.82 Å². The van der Waals surface area contributed by atoms with Crippen molar-refractivity contribution in [2.24, 2.45) is 0 Å². The highest BCUT2D eigenvalue weighted by atomic mass is 19.1. The molecule has 0 saturated carbocycles. The number of rotatable bonds is 4. The summed E-state index contributed by atoms with van der Waals surface area (Å²) in [5.74, 6) is -0.708. The van der Waals surface area contributed by atoms with E-state index in [1.807, 2.05) is 18.2 Å². The normalized spacial score (nSPS) is 10.5. The Morgan fingerprint density at radius 2 is 1.80 bits per heavy atom. The minimum absolute atomic E-state index is 0.144. The highest BCUT2D eigenvalue weighted by Gasteiger charge is 2.13. The number of carbonyl (C=O) groups is 1. The van der Waals surface area contributed by atoms with Gasteiger partial charge in [0.15, 0.2) is 0 Å². The summed E-state index contributed by atoms with van der Waals surface area (Å²) in [5, 5.41) is 0. The van der Waals surface area contributed by atoms with Crippen LogP contribution in [0.25, 0.3) is 11.3 Å². The van der Waals surface area contributed by atoms with E-state index < -0.39 is 11.4 Å². The second-order valence-corrected chi connectivity index (χ2v) is 5.51. The van der Waals surface area contributed by atoms with E-state index >= 15 is 0 Å². The van der Waals surface area contributed by atoms with Crippen molar-refractivity contribution in [1.82, 2.24) is 9.55 Å². The highest BCUT2D eigenvalue weighted by molar-refractivity contribution is 5.92. The quantitative estimate of drug-likeness (QED) is 0.735. The Kier molecular flexibility index (Phi) is 4.70. The first kappa shape index (κ1) is 16.6. The van der Waals surface area contributed by atoms with Crippen LogP contribution in [0.2, 0.25) is 0 Å². The minimum Gasteiger partial charge on any atom is -0.314 e. The van der Waals surface area contributed by atoms with E-state index in [4.69, 9.17) is 0 Å². The maximum absolute atomic E-state index is 13.8. The molecule has 0 fully saturated rings. The zero-order chi connectivity index (χ0) is 17.8. The molecule has 0 spiro atoms. The zero-order valence-electron chi connectivity index (χ0n) is 13.6. The van der Waals surface area contributed by atoms with Gasteiger partial charge in [-0.05, 0) is 24.3 Å². The average molecular weight is 337 g/mol. The molecular formula is C19H16FN3O2. The number of anilines is 1. The summed E-state index contributed by atoms with van der Waals surface area (Å²) in [6, 6.07) is 16.5. The summed E-state index contributed by atoms with van der Waals surface area (Å²) in [7, 11) is 1.64. The lowest BCUT2D eigenvalue weighted by Crippen LogP contribution is -2.33. The first-order chi connectivity index (χ1) is 12.1. The molecule has 5 nitrogen and oxygen atoms in total. The molecule has 0 N–H and O–H groups in total. The fraction of sp³-hybridized carbons (Fsp3) is 0.105. The van der Waals surface area contributed by atoms with Crippen molar-refractivity contribution in [2.45, 2.75) is 6.54 Å². The van der Waals surface area contributed by atoms with E-state index in [0.717, 1.165) is 5.69 Å². The zero-order valence-corrected chi connectivity index (χ0v) is 13.6. The molecule has 2 aromatic carbocycles. The Hall–Kier alpha value is -3.28. The summed E-state index contributed by atoms with van der Waals surface area (Å²) in [5.41, 5.74) is 0.808. The molecule has 0 saturated heterocycles. The van der Waals surface area contributed by atoms with Gasteiger partial charge in [-0.15, -0.1) is 0 Å². The number of halogens is 1. The van der Waals surface area contributed by atoms with Gasteiger partial charge in [-0.25, -0.2) is 9.37 Å². The molecule has 6 heteroatoms. The van der Waals surface area contributed by atoms with Gasteiger partial charge >= 0.3 is 0 Å². The van der Waals surface area contributed by atoms with Crippen LogP contribution in [0.1, 0.15) is 0 Å². The predicted octanol–water partition coefficient (Wildman–Crippen LogP) is 2.71. The third-order valence-electron chi connectivity index (χ3n) is 3.85. The fourth-order valence-electron chi connectivity index (χ4n) is 2.41. The lowest BCUT2D eigenvalue weighted by Gasteiger charge is -2.17. The Bertz CT molecular complexity index is 954. The summed E-state index contributed by atoms with van der Waals surface area (Å²) in [6.07, 6.45) is 1.26. The predicted molar refractivity (Wildman–Crippen MR) is 93.7 cm³/mol. The van der Waals surface area contributed by atoms with E-state index in [1.165, 1.54) is 27.9 Å². The van der Waals surface area contributed by atoms with E-state index in [1.54, 1.807) is 37.4 Å². The SMILES string of the molecule is CN(C(=O)Cn1cnc(-c2ccccc2F)cc1=O)c1ccccc1. The first-order valence-corrected chi connectivity index (χ1v) is 7.69. The number of para-hydroxylation sites is 1. The third-order valence-corrected chi connectivity index (χ3v) is 3.85. The van der Waals surface area contributed by atoms with Crippen molar-refractivity contribution < 1.29 is 9.18 Å². The second kappa shape index (κ2) is 7.09. The van der Waals surface area contributed by atoms with Crippen LogP contribution in [-0.4, -0.2) is 22.5 Å². The number of amides is 1. The second-order valence-electron chi connectivity index (χ2n) is 5.51. The Morgan fingerprint density at radius 3 is 2.48 bits per heavy atom. The van der Waals surface area contributed by atoms with E-state index in [-0.39, 0.29) is 23.7 Å². The molecule has 3 aromatic rings. The molecule has 1 aromatic heterocycles. The van der Waals surface area contributed by atoms with Gasteiger partial charge in [-0.1, -0.05) is 30.3 Å². The summed E-state index contributed by atoms with van der Waals surface area (Å²) >= 11 is 0. The van der Waals surface area contributed by atoms with Gasteiger partial charge in [0.25, 0.3) is 5.56 Å². The van der Waals surface area contributed by atoms with Crippen LogP contribution < -0.4 is 10.5 Å². The largest absolute Gasteiger partial charge is 0.314 e. The Morgan fingerprint density at radius 1 is 1.12 bits per heavy atom. The van der Waals surface area contributed by atoms with Crippen LogP contribution in [0.5, 0.6) is 0 Å². The molecule has 0 aliphatic heterocycles. The molecule has 1 heterocycles. The van der Waals surface area contributed by atoms with Crippen LogP contribution in [0.3, 0.4) is 0 Å². The number of benzene rings is 2. The molecule has 0 atom stereocenters. The number of nitrogens with zero attached hydrogens (tertiary/aromatic N) is 3. The van der Waals surface area contributed by atoms with Gasteiger partial charge in [-0.3, -0.25) is 14.2 Å². The topological polar surface area (TPSA) is 55.2 Å². The smallest absolute Gasteiger partial charge is 0.254 e. The standard InChI is InChI=1S/C19H16FN3O2/c1-22(14-7-3-2-4-8-14)19(25)12-23-13-21-17(11-18(23)24)15-9-5-6-10-16(15)20/h2-11,13H,12H2,1H3. The van der Waals surface area contributed by atoms with Crippen LogP contribution in [0.15, 0.2) is 71.8 Å². The molecule has 3 rings (SSSR count). The summed E-state index contributed by atoms with van der Waals surface area (Å²) in [4.78, 5) is 30.2. The van der Waals surface area contributed by atoms with E-state index in [0.29, 0.717) is 0 Å². The molecule has 0 aliphatic rings. The highest BCUT2D eigenvalue weighted by Crippen LogP contribution is 2.18. The van der Waals surface area contributed by atoms with Crippen molar-refractivity contribution in [3.63, 3.8) is 0 Å². The van der Waals surface area contributed by atoms with Crippen molar-refractivity contribution in [2.75, 3.05) is 11.9 Å². The molecule has 126 valence electrons. The lowest BCUT2D eigenvalue weighted by molar-refractivity contribution is -0.118. The lowest BCUT2D eigenvalue weighted by atomic mass is 10.1. The van der Waals surface area contributed by atoms with Crippen molar-refractivity contribution in [1.29, 1.82) is 0 Å². The van der Waals surface area contributed by atoms with Gasteiger partial charge in [0, 0.05) is 24.4 Å². The molecular weight excluding hydrogens is 321 g/mol. The van der Waals surface area contributed by atoms with Crippen LogP contribution >= 0.6 is 0 Å². The van der Waals surface area contributed by atoms with Gasteiger partial charge in [-0.2, -0.15) is 0 Å². The minimum atomic E-state index is -0.452. The molecule has 0 unspecified atom stereocenters. The van der Waals surface area contributed by atoms with Crippen molar-refractivity contribution in [3.05, 3.63) is 83.2 Å². The fourth-order valence-corrected chi connectivity index (χ4v) is 2.41. The van der Waals surface area contributed by atoms with Gasteiger partial charge < -0.3 is 4.90 Å². The molecule has 1 amide bonds. The number of carbonyl (C=O) groups excluding carboxylic acids is 1. The van der Waals surface area contributed by atoms with Crippen molar-refractivity contribution in [3.8, 4) is 11.3 Å². The third kappa shape index (κ3) is 3.63. The summed E-state index contributed by atoms with van der Waals surface area (Å²) in [6.45, 7) is -0.144. The van der Waals surface area contributed by atoms with Gasteiger partial charge in [0.2, 0.25) is 5.91 Å². The van der Waals surface area contributed by atoms with Gasteiger partial charge in [0.05, 0.1) is 12.0 Å². The summed E-state index contributed by atoms with van der Waals surface area (Å²) < 4.78 is 15.0. The first-order valence-electron chi connectivity index (χ1n) is 7.69. The average Bonchev–Trinajstić information content (AvgIpc) is 2.64. The van der Waals surface area contributed by atoms with Crippen molar-refractivity contribution >= 4 is 11.6 Å². The number of aromatic nitrogens is 2. The van der Waals surface area contributed by atoms with Crippen LogP contribution in [0.4, 0.5) is 10.1 Å². The van der Waals surface area contributed by atoms with Gasteiger partial charge in [0.1, 0.15) is 12.4 Å². The monoisotopic (exact) mass is 337 g/mol. The molecule has 0 bridgehead atoms. The molecule has 25 heavy (non-hydrogen) atoms. The van der Waals surface area contributed by atoms with E-state index in [9.17, 15) is 14.0 Å². The molecule has 0 radical (unpaired) electrons. The van der Waals surface area contributed by atoms with Crippen LogP contribution in [-0.2, 0) is 11.3 Å². The Labute approximate surface area is 144 Å². The number of hydrogen-bond donors (Lipinski definition) is 0. The molecule has 0 aliphatic carbocycles. The number of hydrogen-bond acceptors (Lipinski definition) is 3. The maximum Gasteiger partial charge on any atom is 0.254 e. The Balaban J connectivity index is 1.81. The number of likely N-dealkylation sites (N-methyl/N-ethyl adjacent to an activating group) is 1. The van der Waals surface area contributed by atoms with E-state index in [2.05, 4.69) is 4.98 Å². The maximum atomic E-state index is 13.8.